The number of hydrogen-bond donors (Lipinski definition) is 2. The van der Waals surface area contributed by atoms with Gasteiger partial charge in [0, 0.05) is 26.7 Å². The molecular weight excluding hydrogens is 445 g/mol. The van der Waals surface area contributed by atoms with Crippen molar-refractivity contribution < 1.29 is 4.92 Å². The summed E-state index contributed by atoms with van der Waals surface area (Å²) in [4.78, 5) is 16.3. The molecule has 0 aliphatic heterocycles. The summed E-state index contributed by atoms with van der Waals surface area (Å²) in [7, 11) is 0. The Kier molecular flexibility index (Phi) is 6.23. The Morgan fingerprint density at radius 1 is 1.04 bits per heavy atom. The number of anilines is 1. The zero-order chi connectivity index (χ0) is 19.6. The summed E-state index contributed by atoms with van der Waals surface area (Å²) >= 11 is 18.2. The van der Waals surface area contributed by atoms with Gasteiger partial charge in [-0.2, -0.15) is 0 Å². The molecule has 0 spiro atoms. The Bertz CT molecular complexity index is 1130. The number of nitro groups is 1. The first kappa shape index (κ1) is 19.9. The van der Waals surface area contributed by atoms with Gasteiger partial charge in [-0.25, -0.2) is 4.98 Å². The SMILES string of the molecule is Nc1cc(Cl)ccc1S.O=[N+]([O-])c1ccc(-c2nc3cc(Cl)ccc3s2)s1. The molecule has 4 aromatic rings. The van der Waals surface area contributed by atoms with E-state index in [1.165, 1.54) is 17.4 Å². The average Bonchev–Trinajstić information content (AvgIpc) is 3.25. The lowest BCUT2D eigenvalue weighted by molar-refractivity contribution is -0.380. The summed E-state index contributed by atoms with van der Waals surface area (Å²) in [6.07, 6.45) is 0. The quantitative estimate of drug-likeness (QED) is 0.150. The van der Waals surface area contributed by atoms with Gasteiger partial charge in [-0.15, -0.1) is 24.0 Å². The molecule has 0 fully saturated rings. The number of hydrogen-bond acceptors (Lipinski definition) is 7. The van der Waals surface area contributed by atoms with Gasteiger partial charge in [0.2, 0.25) is 0 Å². The number of aromatic nitrogens is 1. The molecule has 2 N–H and O–H groups in total. The van der Waals surface area contributed by atoms with Crippen molar-refractivity contribution in [1.29, 1.82) is 0 Å². The Labute approximate surface area is 177 Å². The van der Waals surface area contributed by atoms with E-state index in [-0.39, 0.29) is 5.00 Å². The van der Waals surface area contributed by atoms with Gasteiger partial charge in [0.1, 0.15) is 5.01 Å². The fourth-order valence-electron chi connectivity index (χ4n) is 2.07. The Morgan fingerprint density at radius 2 is 1.74 bits per heavy atom. The highest BCUT2D eigenvalue weighted by Gasteiger charge is 2.14. The Balaban J connectivity index is 0.000000197. The molecule has 0 amide bonds. The van der Waals surface area contributed by atoms with Gasteiger partial charge >= 0.3 is 5.00 Å². The van der Waals surface area contributed by atoms with E-state index in [9.17, 15) is 10.1 Å². The van der Waals surface area contributed by atoms with Crippen molar-refractivity contribution in [2.24, 2.45) is 0 Å². The molecule has 5 nitrogen and oxygen atoms in total. The van der Waals surface area contributed by atoms with Crippen LogP contribution in [0.2, 0.25) is 10.0 Å². The monoisotopic (exact) mass is 455 g/mol. The van der Waals surface area contributed by atoms with Crippen molar-refractivity contribution in [2.45, 2.75) is 4.90 Å². The molecule has 4 rings (SSSR count). The maximum atomic E-state index is 10.6. The zero-order valence-electron chi connectivity index (χ0n) is 13.4. The van der Waals surface area contributed by atoms with Crippen molar-refractivity contribution in [1.82, 2.24) is 4.98 Å². The van der Waals surface area contributed by atoms with Crippen LogP contribution in [0.3, 0.4) is 0 Å². The van der Waals surface area contributed by atoms with Crippen LogP contribution >= 0.6 is 58.5 Å². The van der Waals surface area contributed by atoms with Gasteiger partial charge in [0.25, 0.3) is 0 Å². The Morgan fingerprint density at radius 3 is 2.37 bits per heavy atom. The second kappa shape index (κ2) is 8.45. The van der Waals surface area contributed by atoms with Crippen LogP contribution in [0.4, 0.5) is 10.7 Å². The number of thiol groups is 1. The first-order valence-corrected chi connectivity index (χ1v) is 10.2. The molecule has 0 aliphatic carbocycles. The molecule has 0 saturated carbocycles. The molecule has 2 aromatic carbocycles. The van der Waals surface area contributed by atoms with Crippen LogP contribution in [-0.2, 0) is 0 Å². The van der Waals surface area contributed by atoms with Crippen LogP contribution < -0.4 is 5.73 Å². The maximum Gasteiger partial charge on any atom is 0.324 e. The molecule has 10 heteroatoms. The minimum atomic E-state index is -0.391. The number of rotatable bonds is 2. The number of nitrogen functional groups attached to an aromatic ring is 1. The van der Waals surface area contributed by atoms with Crippen LogP contribution in [0, 0.1) is 10.1 Å². The molecule has 0 bridgehead atoms. The molecule has 138 valence electrons. The van der Waals surface area contributed by atoms with Crippen molar-refractivity contribution in [3.8, 4) is 9.88 Å². The van der Waals surface area contributed by atoms with Crippen molar-refractivity contribution in [3.05, 3.63) is 68.7 Å². The fourth-order valence-corrected chi connectivity index (χ4v) is 4.38. The van der Waals surface area contributed by atoms with Crippen LogP contribution in [0.15, 0.2) is 53.4 Å². The third kappa shape index (κ3) is 4.91. The van der Waals surface area contributed by atoms with E-state index < -0.39 is 4.92 Å². The predicted molar refractivity (Wildman–Crippen MR) is 118 cm³/mol. The van der Waals surface area contributed by atoms with Gasteiger partial charge in [0.15, 0.2) is 0 Å². The number of benzene rings is 2. The predicted octanol–water partition coefficient (Wildman–Crippen LogP) is 6.80. The summed E-state index contributed by atoms with van der Waals surface area (Å²) < 4.78 is 1.02. The summed E-state index contributed by atoms with van der Waals surface area (Å²) in [5.74, 6) is 0. The maximum absolute atomic E-state index is 10.6. The largest absolute Gasteiger partial charge is 0.398 e. The lowest BCUT2D eigenvalue weighted by Gasteiger charge is -1.96. The average molecular weight is 456 g/mol. The molecule has 0 aliphatic rings. The first-order valence-electron chi connectivity index (χ1n) is 7.38. The number of nitrogens with zero attached hydrogens (tertiary/aromatic N) is 2. The van der Waals surface area contributed by atoms with E-state index >= 15 is 0 Å². The number of fused-ring (bicyclic) bond motifs is 1. The molecule has 0 saturated heterocycles. The molecule has 2 aromatic heterocycles. The third-order valence-corrected chi connectivity index (χ3v) is 6.44. The molecule has 2 heterocycles. The van der Waals surface area contributed by atoms with E-state index in [0.717, 1.165) is 36.3 Å². The second-order valence-corrected chi connectivity index (χ2v) is 8.68. The molecule has 27 heavy (non-hydrogen) atoms. The lowest BCUT2D eigenvalue weighted by Crippen LogP contribution is -1.84. The number of halogens is 2. The van der Waals surface area contributed by atoms with Crippen molar-refractivity contribution >= 4 is 79.4 Å². The van der Waals surface area contributed by atoms with Gasteiger partial charge in [0.05, 0.1) is 20.0 Å². The smallest absolute Gasteiger partial charge is 0.324 e. The van der Waals surface area contributed by atoms with Crippen LogP contribution in [0.1, 0.15) is 0 Å². The Hall–Kier alpha value is -1.84. The van der Waals surface area contributed by atoms with Gasteiger partial charge in [-0.3, -0.25) is 10.1 Å². The van der Waals surface area contributed by atoms with E-state index in [4.69, 9.17) is 28.9 Å². The van der Waals surface area contributed by atoms with E-state index in [2.05, 4.69) is 17.6 Å². The summed E-state index contributed by atoms with van der Waals surface area (Å²) in [6, 6.07) is 13.9. The zero-order valence-corrected chi connectivity index (χ0v) is 17.5. The van der Waals surface area contributed by atoms with E-state index in [1.54, 1.807) is 30.3 Å². The number of thiazole rings is 1. The summed E-state index contributed by atoms with van der Waals surface area (Å²) in [5, 5.41) is 12.8. The topological polar surface area (TPSA) is 82.0 Å². The summed E-state index contributed by atoms with van der Waals surface area (Å²) in [6.45, 7) is 0. The van der Waals surface area contributed by atoms with Gasteiger partial charge in [-0.1, -0.05) is 34.5 Å². The molecule has 0 unspecified atom stereocenters. The van der Waals surface area contributed by atoms with E-state index in [0.29, 0.717) is 15.7 Å². The lowest BCUT2D eigenvalue weighted by atomic mass is 10.3. The highest BCUT2D eigenvalue weighted by molar-refractivity contribution is 7.80. The molecular formula is C17H11Cl2N3O2S3. The minimum Gasteiger partial charge on any atom is -0.398 e. The molecule has 0 radical (unpaired) electrons. The van der Waals surface area contributed by atoms with E-state index in [1.807, 2.05) is 12.1 Å². The molecule has 0 atom stereocenters. The highest BCUT2D eigenvalue weighted by Crippen LogP contribution is 2.37. The third-order valence-electron chi connectivity index (χ3n) is 3.32. The second-order valence-electron chi connectivity index (χ2n) is 5.23. The fraction of sp³-hybridized carbons (Fsp3) is 0. The summed E-state index contributed by atoms with van der Waals surface area (Å²) in [5.41, 5.74) is 6.89. The van der Waals surface area contributed by atoms with Gasteiger partial charge in [-0.05, 0) is 42.5 Å². The standard InChI is InChI=1S/C11H5ClN2O2S2.C6H6ClNS/c12-6-1-2-8-7(5-6)13-11(18-8)9-3-4-10(17-9)14(15)16;7-4-1-2-6(9)5(8)3-4/h1-5H;1-3,9H,8H2. The highest BCUT2D eigenvalue weighted by atomic mass is 35.5. The van der Waals surface area contributed by atoms with Crippen LogP contribution in [0.25, 0.3) is 20.1 Å². The van der Waals surface area contributed by atoms with Crippen LogP contribution in [0.5, 0.6) is 0 Å². The minimum absolute atomic E-state index is 0.127. The van der Waals surface area contributed by atoms with Crippen molar-refractivity contribution in [3.63, 3.8) is 0 Å². The van der Waals surface area contributed by atoms with Crippen LogP contribution in [-0.4, -0.2) is 9.91 Å². The van der Waals surface area contributed by atoms with Gasteiger partial charge < -0.3 is 5.73 Å². The van der Waals surface area contributed by atoms with Crippen molar-refractivity contribution in [2.75, 3.05) is 5.73 Å². The normalized spacial score (nSPS) is 10.5. The first-order chi connectivity index (χ1) is 12.8. The number of nitrogens with two attached hydrogens (primary N) is 1. The number of thiophene rings is 1.